The Morgan fingerprint density at radius 3 is 1.06 bits per heavy atom. The number of fused-ring (bicyclic) bond motifs is 3. The van der Waals surface area contributed by atoms with Crippen molar-refractivity contribution in [3.63, 3.8) is 0 Å². The molecule has 0 bridgehead atoms. The standard InChI is InChI=1S/C20H6N12/c1-9(3-21)27-15-16(28-10(2)4-22)18-20(32-14(8-26)12(6-24)30-18)19-17(15)29-11(5-23)13(7-25)31-19/h1-2H3. The molecule has 12 heteroatoms. The van der Waals surface area contributed by atoms with Crippen LogP contribution < -0.4 is 0 Å². The van der Waals surface area contributed by atoms with Crippen LogP contribution >= 0.6 is 0 Å². The van der Waals surface area contributed by atoms with E-state index in [0.717, 1.165) is 0 Å². The molecule has 1 aromatic carbocycles. The SMILES string of the molecule is CC(C#N)=Nc1c(N=C(C)C#N)c2nc(C#N)c(C#N)nc2c2nc(C#N)c(C#N)nc12. The van der Waals surface area contributed by atoms with Crippen molar-refractivity contribution in [2.24, 2.45) is 9.98 Å². The van der Waals surface area contributed by atoms with Crippen LogP contribution in [0.1, 0.15) is 36.6 Å². The molecule has 0 atom stereocenters. The van der Waals surface area contributed by atoms with Crippen LogP contribution in [0.3, 0.4) is 0 Å². The van der Waals surface area contributed by atoms with Crippen molar-refractivity contribution in [2.75, 3.05) is 0 Å². The Kier molecular flexibility index (Phi) is 5.41. The number of hydrogen-bond acceptors (Lipinski definition) is 12. The molecule has 0 amide bonds. The van der Waals surface area contributed by atoms with Crippen molar-refractivity contribution >= 4 is 44.9 Å². The molecule has 0 radical (unpaired) electrons. The minimum Gasteiger partial charge on any atom is -0.238 e. The van der Waals surface area contributed by atoms with E-state index in [4.69, 9.17) is 0 Å². The van der Waals surface area contributed by atoms with Crippen molar-refractivity contribution in [3.8, 4) is 36.4 Å². The molecule has 0 saturated carbocycles. The maximum Gasteiger partial charge on any atom is 0.177 e. The average Bonchev–Trinajstić information content (AvgIpc) is 2.83. The summed E-state index contributed by atoms with van der Waals surface area (Å²) in [7, 11) is 0. The van der Waals surface area contributed by atoms with Crippen molar-refractivity contribution in [3.05, 3.63) is 22.8 Å². The molecule has 2 heterocycles. The molecular weight excluding hydrogens is 408 g/mol. The molecule has 146 valence electrons. The van der Waals surface area contributed by atoms with Gasteiger partial charge in [-0.3, -0.25) is 0 Å². The Hall–Kier alpha value is -5.82. The molecule has 3 aromatic rings. The van der Waals surface area contributed by atoms with Crippen LogP contribution in [0.2, 0.25) is 0 Å². The summed E-state index contributed by atoms with van der Waals surface area (Å²) >= 11 is 0. The van der Waals surface area contributed by atoms with Crippen LogP contribution in [0, 0.1) is 68.0 Å². The quantitative estimate of drug-likeness (QED) is 0.439. The second kappa shape index (κ2) is 8.27. The molecule has 0 spiro atoms. The van der Waals surface area contributed by atoms with Gasteiger partial charge in [0.05, 0.1) is 0 Å². The van der Waals surface area contributed by atoms with Crippen LogP contribution in [0.15, 0.2) is 9.98 Å². The molecule has 3 rings (SSSR count). The first kappa shape index (κ1) is 20.9. The number of hydrogen-bond donors (Lipinski definition) is 0. The Balaban J connectivity index is 2.79. The topological polar surface area (TPSA) is 219 Å². The summed E-state index contributed by atoms with van der Waals surface area (Å²) in [6, 6.07) is 10.8. The van der Waals surface area contributed by atoms with Crippen LogP contribution in [0.4, 0.5) is 11.4 Å². The molecule has 12 nitrogen and oxygen atoms in total. The van der Waals surface area contributed by atoms with Gasteiger partial charge in [0.2, 0.25) is 0 Å². The average molecular weight is 414 g/mol. The Bertz CT molecular complexity index is 1530. The molecule has 0 unspecified atom stereocenters. The molecule has 0 N–H and O–H groups in total. The summed E-state index contributed by atoms with van der Waals surface area (Å²) in [4.78, 5) is 25.0. The highest BCUT2D eigenvalue weighted by atomic mass is 15.0. The normalized spacial score (nSPS) is 11.0. The third-order valence-electron chi connectivity index (χ3n) is 4.00. The van der Waals surface area contributed by atoms with Gasteiger partial charge >= 0.3 is 0 Å². The molecule has 2 aromatic heterocycles. The van der Waals surface area contributed by atoms with Crippen LogP contribution in [-0.4, -0.2) is 31.4 Å². The van der Waals surface area contributed by atoms with Gasteiger partial charge in [-0.05, 0) is 13.8 Å². The highest BCUT2D eigenvalue weighted by Crippen LogP contribution is 2.42. The van der Waals surface area contributed by atoms with E-state index in [9.17, 15) is 31.6 Å². The number of aromatic nitrogens is 4. The summed E-state index contributed by atoms with van der Waals surface area (Å²) < 4.78 is 0. The van der Waals surface area contributed by atoms with Gasteiger partial charge in [0.15, 0.2) is 22.8 Å². The zero-order valence-corrected chi connectivity index (χ0v) is 16.4. The molecule has 32 heavy (non-hydrogen) atoms. The Labute approximate surface area is 179 Å². The van der Waals surface area contributed by atoms with Gasteiger partial charge in [-0.25, -0.2) is 29.9 Å². The molecule has 0 aliphatic heterocycles. The Morgan fingerprint density at radius 1 is 0.531 bits per heavy atom. The minimum atomic E-state index is -0.306. The van der Waals surface area contributed by atoms with E-state index in [0.29, 0.717) is 0 Å². The van der Waals surface area contributed by atoms with Gasteiger partial charge in [0.25, 0.3) is 0 Å². The molecule has 0 aliphatic rings. The molecule has 0 fully saturated rings. The van der Waals surface area contributed by atoms with Crippen LogP contribution in [0.25, 0.3) is 22.1 Å². The first-order valence-electron chi connectivity index (χ1n) is 8.52. The van der Waals surface area contributed by atoms with E-state index >= 15 is 0 Å². The third kappa shape index (κ3) is 3.36. The monoisotopic (exact) mass is 414 g/mol. The molecular formula is C20H6N12. The lowest BCUT2D eigenvalue weighted by molar-refractivity contribution is 1.17. The predicted molar refractivity (Wildman–Crippen MR) is 108 cm³/mol. The van der Waals surface area contributed by atoms with Gasteiger partial charge in [-0.1, -0.05) is 0 Å². The number of rotatable bonds is 2. The second-order valence-electron chi connectivity index (χ2n) is 6.00. The summed E-state index contributed by atoms with van der Waals surface area (Å²) in [5.41, 5.74) is -1.53. The van der Waals surface area contributed by atoms with Crippen molar-refractivity contribution in [2.45, 2.75) is 13.8 Å². The van der Waals surface area contributed by atoms with Gasteiger partial charge < -0.3 is 0 Å². The largest absolute Gasteiger partial charge is 0.238 e. The first-order chi connectivity index (χ1) is 15.4. The number of benzene rings is 1. The summed E-state index contributed by atoms with van der Waals surface area (Å²) in [5, 5.41) is 55.9. The fourth-order valence-corrected chi connectivity index (χ4v) is 2.66. The van der Waals surface area contributed by atoms with E-state index in [2.05, 4.69) is 29.9 Å². The van der Waals surface area contributed by atoms with Crippen molar-refractivity contribution < 1.29 is 0 Å². The zero-order valence-electron chi connectivity index (χ0n) is 16.4. The van der Waals surface area contributed by atoms with E-state index in [1.54, 1.807) is 24.3 Å². The molecule has 0 saturated heterocycles. The lowest BCUT2D eigenvalue weighted by Crippen LogP contribution is -2.02. The fourth-order valence-electron chi connectivity index (χ4n) is 2.66. The van der Waals surface area contributed by atoms with Gasteiger partial charge in [-0.2, -0.15) is 31.6 Å². The van der Waals surface area contributed by atoms with Crippen LogP contribution in [-0.2, 0) is 0 Å². The minimum absolute atomic E-state index is 0.0107. The predicted octanol–water partition coefficient (Wildman–Crippen LogP) is 2.29. The van der Waals surface area contributed by atoms with E-state index in [1.807, 2.05) is 12.1 Å². The van der Waals surface area contributed by atoms with Gasteiger partial charge in [0.1, 0.15) is 81.3 Å². The van der Waals surface area contributed by atoms with Gasteiger partial charge in [-0.15, -0.1) is 0 Å². The van der Waals surface area contributed by atoms with Crippen molar-refractivity contribution in [1.82, 2.24) is 19.9 Å². The lowest BCUT2D eigenvalue weighted by Gasteiger charge is -2.11. The van der Waals surface area contributed by atoms with Crippen molar-refractivity contribution in [1.29, 1.82) is 31.6 Å². The summed E-state index contributed by atoms with van der Waals surface area (Å²) in [5.74, 6) is 0. The fraction of sp³-hybridized carbons (Fsp3) is 0.100. The Morgan fingerprint density at radius 2 is 0.812 bits per heavy atom. The highest BCUT2D eigenvalue weighted by Gasteiger charge is 2.23. The lowest BCUT2D eigenvalue weighted by atomic mass is 10.1. The highest BCUT2D eigenvalue weighted by molar-refractivity contribution is 6.16. The first-order valence-corrected chi connectivity index (χ1v) is 8.52. The number of nitriles is 6. The third-order valence-corrected chi connectivity index (χ3v) is 4.00. The maximum absolute atomic E-state index is 9.38. The van der Waals surface area contributed by atoms with E-state index in [-0.39, 0.29) is 67.6 Å². The smallest absolute Gasteiger partial charge is 0.177 e. The van der Waals surface area contributed by atoms with E-state index < -0.39 is 0 Å². The van der Waals surface area contributed by atoms with E-state index in [1.165, 1.54) is 13.8 Å². The number of aliphatic imine (C=N–C) groups is 2. The van der Waals surface area contributed by atoms with Gasteiger partial charge in [0, 0.05) is 0 Å². The second-order valence-corrected chi connectivity index (χ2v) is 6.00. The van der Waals surface area contributed by atoms with Crippen LogP contribution in [0.5, 0.6) is 0 Å². The number of nitrogens with zero attached hydrogens (tertiary/aromatic N) is 12. The zero-order chi connectivity index (χ0) is 23.4. The summed E-state index contributed by atoms with van der Waals surface area (Å²) in [6.07, 6.45) is 0. The molecule has 0 aliphatic carbocycles. The maximum atomic E-state index is 9.38. The summed E-state index contributed by atoms with van der Waals surface area (Å²) in [6.45, 7) is 2.82.